The molecule has 0 fully saturated rings. The summed E-state index contributed by atoms with van der Waals surface area (Å²) >= 11 is 0. The second kappa shape index (κ2) is 5.72. The molecule has 4 rings (SSSR count). The highest BCUT2D eigenvalue weighted by atomic mass is 16.5. The van der Waals surface area contributed by atoms with Crippen LogP contribution in [0.1, 0.15) is 22.9 Å². The minimum Gasteiger partial charge on any atom is -0.493 e. The fourth-order valence-corrected chi connectivity index (χ4v) is 3.37. The zero-order chi connectivity index (χ0) is 16.7. The Bertz CT molecular complexity index is 881. The van der Waals surface area contributed by atoms with Gasteiger partial charge in [0.15, 0.2) is 11.5 Å². The molecule has 0 bridgehead atoms. The molecule has 2 aromatic heterocycles. The average molecular weight is 324 g/mol. The van der Waals surface area contributed by atoms with Crippen molar-refractivity contribution >= 4 is 0 Å². The number of aryl methyl sites for hydroxylation is 1. The molecule has 0 amide bonds. The monoisotopic (exact) mass is 324 g/mol. The SMILES string of the molecule is COc1ccc(C2NCc3cnn(C)c3-n3cccc32)cc1OC. The molecule has 1 atom stereocenters. The second-order valence-corrected chi connectivity index (χ2v) is 5.85. The maximum Gasteiger partial charge on any atom is 0.161 e. The van der Waals surface area contributed by atoms with Crippen LogP contribution in [0.5, 0.6) is 11.5 Å². The van der Waals surface area contributed by atoms with E-state index in [0.717, 1.165) is 29.4 Å². The van der Waals surface area contributed by atoms with Gasteiger partial charge < -0.3 is 19.4 Å². The fraction of sp³-hybridized carbons (Fsp3) is 0.278. The van der Waals surface area contributed by atoms with E-state index in [9.17, 15) is 0 Å². The van der Waals surface area contributed by atoms with E-state index in [2.05, 4.69) is 39.4 Å². The number of benzene rings is 1. The van der Waals surface area contributed by atoms with Gasteiger partial charge in [-0.3, -0.25) is 4.68 Å². The predicted molar refractivity (Wildman–Crippen MR) is 90.8 cm³/mol. The Morgan fingerprint density at radius 3 is 2.79 bits per heavy atom. The highest BCUT2D eigenvalue weighted by Crippen LogP contribution is 2.35. The van der Waals surface area contributed by atoms with Gasteiger partial charge in [-0.1, -0.05) is 6.07 Å². The lowest BCUT2D eigenvalue weighted by Crippen LogP contribution is -2.21. The average Bonchev–Trinajstić information content (AvgIpc) is 3.18. The van der Waals surface area contributed by atoms with Crippen LogP contribution in [0.15, 0.2) is 42.7 Å². The number of nitrogens with zero attached hydrogens (tertiary/aromatic N) is 3. The highest BCUT2D eigenvalue weighted by molar-refractivity contribution is 5.47. The van der Waals surface area contributed by atoms with Crippen LogP contribution in [0, 0.1) is 0 Å². The molecule has 0 spiro atoms. The third-order valence-electron chi connectivity index (χ3n) is 4.52. The Kier molecular flexibility index (Phi) is 3.54. The number of hydrogen-bond acceptors (Lipinski definition) is 4. The summed E-state index contributed by atoms with van der Waals surface area (Å²) in [5, 5.41) is 8.01. The van der Waals surface area contributed by atoms with Gasteiger partial charge >= 0.3 is 0 Å². The van der Waals surface area contributed by atoms with Gasteiger partial charge in [0.05, 0.1) is 26.5 Å². The zero-order valence-electron chi connectivity index (χ0n) is 14.0. The Morgan fingerprint density at radius 1 is 1.17 bits per heavy atom. The zero-order valence-corrected chi connectivity index (χ0v) is 14.0. The molecule has 0 aliphatic carbocycles. The molecule has 24 heavy (non-hydrogen) atoms. The fourth-order valence-electron chi connectivity index (χ4n) is 3.37. The third kappa shape index (κ3) is 2.18. The first-order valence-electron chi connectivity index (χ1n) is 7.86. The van der Waals surface area contributed by atoms with Crippen LogP contribution in [0.2, 0.25) is 0 Å². The summed E-state index contributed by atoms with van der Waals surface area (Å²) in [5.41, 5.74) is 3.48. The van der Waals surface area contributed by atoms with E-state index < -0.39 is 0 Å². The van der Waals surface area contributed by atoms with Crippen molar-refractivity contribution < 1.29 is 9.47 Å². The van der Waals surface area contributed by atoms with Gasteiger partial charge in [0, 0.05) is 31.0 Å². The molecule has 3 aromatic rings. The number of ether oxygens (including phenoxy) is 2. The molecule has 1 N–H and O–H groups in total. The topological polar surface area (TPSA) is 53.2 Å². The smallest absolute Gasteiger partial charge is 0.161 e. The number of methoxy groups -OCH3 is 2. The normalized spacial score (nSPS) is 16.2. The van der Waals surface area contributed by atoms with Crippen LogP contribution in [0.4, 0.5) is 0 Å². The quantitative estimate of drug-likeness (QED) is 0.804. The molecular weight excluding hydrogens is 304 g/mol. The maximum atomic E-state index is 5.46. The molecule has 0 radical (unpaired) electrons. The van der Waals surface area contributed by atoms with E-state index in [1.54, 1.807) is 14.2 Å². The molecule has 1 aliphatic heterocycles. The first kappa shape index (κ1) is 14.8. The molecular formula is C18H20N4O2. The summed E-state index contributed by atoms with van der Waals surface area (Å²) in [6.45, 7) is 0.754. The molecule has 1 aromatic carbocycles. The molecule has 6 heteroatoms. The third-order valence-corrected chi connectivity index (χ3v) is 4.52. The van der Waals surface area contributed by atoms with Crippen molar-refractivity contribution in [3.8, 4) is 17.3 Å². The standard InChI is InChI=1S/C18H20N4O2/c1-21-18-13(11-20-21)10-19-17(14-5-4-8-22(14)18)12-6-7-15(23-2)16(9-12)24-3/h4-9,11,17,19H,10H2,1-3H3. The van der Waals surface area contributed by atoms with E-state index in [1.807, 2.05) is 30.1 Å². The van der Waals surface area contributed by atoms with Crippen molar-refractivity contribution in [3.63, 3.8) is 0 Å². The summed E-state index contributed by atoms with van der Waals surface area (Å²) < 4.78 is 14.9. The molecule has 1 unspecified atom stereocenters. The Balaban J connectivity index is 1.82. The van der Waals surface area contributed by atoms with Crippen LogP contribution in [-0.2, 0) is 13.6 Å². The summed E-state index contributed by atoms with van der Waals surface area (Å²) in [6.07, 6.45) is 4.00. The van der Waals surface area contributed by atoms with E-state index in [1.165, 1.54) is 11.3 Å². The molecule has 3 heterocycles. The van der Waals surface area contributed by atoms with Crippen LogP contribution in [0.3, 0.4) is 0 Å². The van der Waals surface area contributed by atoms with Gasteiger partial charge in [0.1, 0.15) is 5.82 Å². The summed E-state index contributed by atoms with van der Waals surface area (Å²) in [6, 6.07) is 10.3. The Morgan fingerprint density at radius 2 is 2.00 bits per heavy atom. The number of rotatable bonds is 3. The Hall–Kier alpha value is -2.73. The van der Waals surface area contributed by atoms with E-state index in [4.69, 9.17) is 9.47 Å². The molecule has 124 valence electrons. The van der Waals surface area contributed by atoms with E-state index in [-0.39, 0.29) is 6.04 Å². The lowest BCUT2D eigenvalue weighted by Gasteiger charge is -2.19. The van der Waals surface area contributed by atoms with E-state index >= 15 is 0 Å². The Labute approximate surface area is 140 Å². The lowest BCUT2D eigenvalue weighted by molar-refractivity contribution is 0.354. The molecule has 6 nitrogen and oxygen atoms in total. The number of hydrogen-bond donors (Lipinski definition) is 1. The minimum absolute atomic E-state index is 0.0622. The number of aromatic nitrogens is 3. The first-order valence-corrected chi connectivity index (χ1v) is 7.86. The largest absolute Gasteiger partial charge is 0.493 e. The first-order chi connectivity index (χ1) is 11.7. The van der Waals surface area contributed by atoms with Crippen LogP contribution in [0.25, 0.3) is 5.82 Å². The molecule has 0 saturated heterocycles. The highest BCUT2D eigenvalue weighted by Gasteiger charge is 2.25. The van der Waals surface area contributed by atoms with Crippen molar-refractivity contribution in [2.24, 2.45) is 7.05 Å². The second-order valence-electron chi connectivity index (χ2n) is 5.85. The van der Waals surface area contributed by atoms with Crippen molar-refractivity contribution in [2.45, 2.75) is 12.6 Å². The predicted octanol–water partition coefficient (Wildman–Crippen LogP) is 2.42. The summed E-state index contributed by atoms with van der Waals surface area (Å²) in [5.74, 6) is 2.57. The van der Waals surface area contributed by atoms with Gasteiger partial charge in [-0.2, -0.15) is 5.10 Å². The molecule has 0 saturated carbocycles. The van der Waals surface area contributed by atoms with Gasteiger partial charge in [-0.15, -0.1) is 0 Å². The van der Waals surface area contributed by atoms with Gasteiger partial charge in [0.25, 0.3) is 0 Å². The van der Waals surface area contributed by atoms with Crippen molar-refractivity contribution in [1.29, 1.82) is 0 Å². The molecule has 1 aliphatic rings. The van der Waals surface area contributed by atoms with Gasteiger partial charge in [-0.25, -0.2) is 0 Å². The minimum atomic E-state index is 0.0622. The van der Waals surface area contributed by atoms with Gasteiger partial charge in [0.2, 0.25) is 0 Å². The number of fused-ring (bicyclic) bond motifs is 3. The van der Waals surface area contributed by atoms with Crippen molar-refractivity contribution in [1.82, 2.24) is 19.7 Å². The van der Waals surface area contributed by atoms with Crippen LogP contribution in [-0.4, -0.2) is 28.6 Å². The summed E-state index contributed by atoms with van der Waals surface area (Å²) in [4.78, 5) is 0. The van der Waals surface area contributed by atoms with E-state index in [0.29, 0.717) is 0 Å². The van der Waals surface area contributed by atoms with Crippen LogP contribution >= 0.6 is 0 Å². The lowest BCUT2D eigenvalue weighted by atomic mass is 10.0. The van der Waals surface area contributed by atoms with Gasteiger partial charge in [-0.05, 0) is 29.8 Å². The van der Waals surface area contributed by atoms with Crippen molar-refractivity contribution in [3.05, 3.63) is 59.5 Å². The van der Waals surface area contributed by atoms with Crippen LogP contribution < -0.4 is 14.8 Å². The maximum absolute atomic E-state index is 5.46. The van der Waals surface area contributed by atoms with Crippen molar-refractivity contribution in [2.75, 3.05) is 14.2 Å². The summed E-state index contributed by atoms with van der Waals surface area (Å²) in [7, 11) is 5.28. The number of nitrogens with one attached hydrogen (secondary N) is 1.